The van der Waals surface area contributed by atoms with Gasteiger partial charge in [-0.1, -0.05) is 0 Å². The van der Waals surface area contributed by atoms with Crippen LogP contribution in [0.4, 0.5) is 5.13 Å². The van der Waals surface area contributed by atoms with E-state index in [2.05, 4.69) is 41.0 Å². The molecule has 0 saturated heterocycles. The van der Waals surface area contributed by atoms with Crippen molar-refractivity contribution in [2.24, 2.45) is 0 Å². The lowest BCUT2D eigenvalue weighted by molar-refractivity contribution is 0.633. The lowest BCUT2D eigenvalue weighted by Gasteiger charge is -2.19. The van der Waals surface area contributed by atoms with Crippen LogP contribution in [-0.4, -0.2) is 20.5 Å². The molecule has 0 radical (unpaired) electrons. The molecule has 0 atom stereocenters. The summed E-state index contributed by atoms with van der Waals surface area (Å²) >= 11 is 1.58. The SMILES string of the molecule is CC(C)(C)Nc1nc(-c2cnccn2)cs1. The Morgan fingerprint density at radius 2 is 2.00 bits per heavy atom. The molecule has 0 bridgehead atoms. The van der Waals surface area contributed by atoms with Gasteiger partial charge in [0.1, 0.15) is 11.4 Å². The number of aromatic nitrogens is 3. The lowest BCUT2D eigenvalue weighted by Crippen LogP contribution is -2.25. The fourth-order valence-electron chi connectivity index (χ4n) is 1.20. The van der Waals surface area contributed by atoms with Crippen LogP contribution in [-0.2, 0) is 0 Å². The zero-order valence-electron chi connectivity index (χ0n) is 9.56. The van der Waals surface area contributed by atoms with Crippen LogP contribution >= 0.6 is 11.3 Å². The summed E-state index contributed by atoms with van der Waals surface area (Å²) in [5.41, 5.74) is 1.70. The fourth-order valence-corrected chi connectivity index (χ4v) is 2.11. The largest absolute Gasteiger partial charge is 0.357 e. The number of thiazole rings is 1. The number of hydrogen-bond acceptors (Lipinski definition) is 5. The van der Waals surface area contributed by atoms with Gasteiger partial charge in [0.25, 0.3) is 0 Å². The fraction of sp³-hybridized carbons (Fsp3) is 0.364. The molecular weight excluding hydrogens is 220 g/mol. The van der Waals surface area contributed by atoms with Crippen molar-refractivity contribution in [1.82, 2.24) is 15.0 Å². The van der Waals surface area contributed by atoms with Crippen molar-refractivity contribution in [3.8, 4) is 11.4 Å². The first-order valence-corrected chi connectivity index (χ1v) is 5.93. The molecule has 0 fully saturated rings. The molecule has 0 aliphatic carbocycles. The van der Waals surface area contributed by atoms with Crippen LogP contribution < -0.4 is 5.32 Å². The average Bonchev–Trinajstić information content (AvgIpc) is 2.65. The minimum Gasteiger partial charge on any atom is -0.357 e. The van der Waals surface area contributed by atoms with E-state index in [1.54, 1.807) is 29.9 Å². The van der Waals surface area contributed by atoms with E-state index in [1.165, 1.54) is 0 Å². The molecule has 2 aromatic rings. The van der Waals surface area contributed by atoms with E-state index in [9.17, 15) is 0 Å². The smallest absolute Gasteiger partial charge is 0.183 e. The quantitative estimate of drug-likeness (QED) is 0.868. The minimum absolute atomic E-state index is 0.0253. The van der Waals surface area contributed by atoms with E-state index in [0.29, 0.717) is 0 Å². The van der Waals surface area contributed by atoms with Crippen molar-refractivity contribution in [1.29, 1.82) is 0 Å². The van der Waals surface area contributed by atoms with E-state index in [4.69, 9.17) is 0 Å². The number of hydrogen-bond donors (Lipinski definition) is 1. The number of nitrogens with one attached hydrogen (secondary N) is 1. The first kappa shape index (κ1) is 11.0. The van der Waals surface area contributed by atoms with Crippen molar-refractivity contribution < 1.29 is 0 Å². The van der Waals surface area contributed by atoms with E-state index < -0.39 is 0 Å². The van der Waals surface area contributed by atoms with Crippen molar-refractivity contribution >= 4 is 16.5 Å². The van der Waals surface area contributed by atoms with Crippen molar-refractivity contribution in [2.45, 2.75) is 26.3 Å². The second-order valence-electron chi connectivity index (χ2n) is 4.50. The highest BCUT2D eigenvalue weighted by molar-refractivity contribution is 7.14. The predicted octanol–water partition coefficient (Wildman–Crippen LogP) is 2.81. The molecule has 4 nitrogen and oxygen atoms in total. The predicted molar refractivity (Wildman–Crippen MR) is 66.5 cm³/mol. The standard InChI is InChI=1S/C11H14N4S/c1-11(2,3)15-10-14-9(7-16-10)8-6-12-4-5-13-8/h4-7H,1-3H3,(H,14,15). The Morgan fingerprint density at radius 1 is 1.19 bits per heavy atom. The van der Waals surface area contributed by atoms with Gasteiger partial charge in [-0.2, -0.15) is 0 Å². The maximum absolute atomic E-state index is 4.47. The monoisotopic (exact) mass is 234 g/mol. The Kier molecular flexibility index (Phi) is 2.87. The maximum Gasteiger partial charge on any atom is 0.183 e. The summed E-state index contributed by atoms with van der Waals surface area (Å²) in [7, 11) is 0. The maximum atomic E-state index is 4.47. The van der Waals surface area contributed by atoms with Gasteiger partial charge in [0.2, 0.25) is 0 Å². The summed E-state index contributed by atoms with van der Waals surface area (Å²) in [5.74, 6) is 0. The molecule has 0 unspecified atom stereocenters. The molecule has 0 aliphatic heterocycles. The normalized spacial score (nSPS) is 11.4. The number of rotatable bonds is 2. The first-order valence-electron chi connectivity index (χ1n) is 5.05. The van der Waals surface area contributed by atoms with E-state index in [1.807, 2.05) is 5.38 Å². The number of nitrogens with zero attached hydrogens (tertiary/aromatic N) is 3. The Morgan fingerprint density at radius 3 is 2.62 bits per heavy atom. The van der Waals surface area contributed by atoms with Crippen LogP contribution in [0.25, 0.3) is 11.4 Å². The van der Waals surface area contributed by atoms with Gasteiger partial charge in [-0.05, 0) is 20.8 Å². The average molecular weight is 234 g/mol. The highest BCUT2D eigenvalue weighted by Gasteiger charge is 2.12. The third-order valence-electron chi connectivity index (χ3n) is 1.81. The highest BCUT2D eigenvalue weighted by Crippen LogP contribution is 2.24. The van der Waals surface area contributed by atoms with Gasteiger partial charge >= 0.3 is 0 Å². The van der Waals surface area contributed by atoms with Gasteiger partial charge in [0.15, 0.2) is 5.13 Å². The second-order valence-corrected chi connectivity index (χ2v) is 5.36. The summed E-state index contributed by atoms with van der Waals surface area (Å²) in [6.45, 7) is 6.32. The molecule has 2 aromatic heterocycles. The van der Waals surface area contributed by atoms with Gasteiger partial charge in [-0.15, -0.1) is 11.3 Å². The van der Waals surface area contributed by atoms with E-state index >= 15 is 0 Å². The number of anilines is 1. The van der Waals surface area contributed by atoms with Crippen molar-refractivity contribution in [2.75, 3.05) is 5.32 Å². The Hall–Kier alpha value is -1.49. The van der Waals surface area contributed by atoms with E-state index in [0.717, 1.165) is 16.5 Å². The molecular formula is C11H14N4S. The van der Waals surface area contributed by atoms with Crippen LogP contribution in [0.5, 0.6) is 0 Å². The second kappa shape index (κ2) is 4.17. The molecule has 5 heteroatoms. The summed E-state index contributed by atoms with van der Waals surface area (Å²) in [4.78, 5) is 12.7. The van der Waals surface area contributed by atoms with Crippen LogP contribution in [0.15, 0.2) is 24.0 Å². The molecule has 0 aliphatic rings. The summed E-state index contributed by atoms with van der Waals surface area (Å²) in [6.07, 6.45) is 5.05. The third kappa shape index (κ3) is 2.76. The Bertz CT molecular complexity index is 458. The molecule has 84 valence electrons. The zero-order chi connectivity index (χ0) is 11.6. The summed E-state index contributed by atoms with van der Waals surface area (Å²) < 4.78 is 0. The van der Waals surface area contributed by atoms with Gasteiger partial charge in [-0.3, -0.25) is 9.97 Å². The molecule has 0 amide bonds. The zero-order valence-corrected chi connectivity index (χ0v) is 10.4. The highest BCUT2D eigenvalue weighted by atomic mass is 32.1. The van der Waals surface area contributed by atoms with Crippen LogP contribution in [0, 0.1) is 0 Å². The minimum atomic E-state index is 0.0253. The first-order chi connectivity index (χ1) is 7.54. The molecule has 0 aromatic carbocycles. The molecule has 0 spiro atoms. The Balaban J connectivity index is 2.21. The van der Waals surface area contributed by atoms with Crippen LogP contribution in [0.1, 0.15) is 20.8 Å². The van der Waals surface area contributed by atoms with Gasteiger partial charge < -0.3 is 5.32 Å². The summed E-state index contributed by atoms with van der Waals surface area (Å²) in [5, 5.41) is 6.23. The van der Waals surface area contributed by atoms with Crippen molar-refractivity contribution in [3.05, 3.63) is 24.0 Å². The molecule has 1 N–H and O–H groups in total. The van der Waals surface area contributed by atoms with Crippen LogP contribution in [0.2, 0.25) is 0 Å². The van der Waals surface area contributed by atoms with Gasteiger partial charge in [-0.25, -0.2) is 4.98 Å². The van der Waals surface area contributed by atoms with Gasteiger partial charge in [0, 0.05) is 23.3 Å². The third-order valence-corrected chi connectivity index (χ3v) is 2.57. The molecule has 0 saturated carbocycles. The van der Waals surface area contributed by atoms with Crippen molar-refractivity contribution in [3.63, 3.8) is 0 Å². The summed E-state index contributed by atoms with van der Waals surface area (Å²) in [6, 6.07) is 0. The molecule has 2 heterocycles. The lowest BCUT2D eigenvalue weighted by atomic mass is 10.1. The van der Waals surface area contributed by atoms with E-state index in [-0.39, 0.29) is 5.54 Å². The molecule has 16 heavy (non-hydrogen) atoms. The Labute approximate surface area is 98.8 Å². The van der Waals surface area contributed by atoms with Crippen LogP contribution in [0.3, 0.4) is 0 Å². The van der Waals surface area contributed by atoms with Gasteiger partial charge in [0.05, 0.1) is 6.20 Å². The molecule has 2 rings (SSSR count). The topological polar surface area (TPSA) is 50.7 Å².